The molecule has 1 aliphatic rings. The van der Waals surface area contributed by atoms with Crippen molar-refractivity contribution in [3.8, 4) is 0 Å². The Hall–Kier alpha value is -1.06. The van der Waals surface area contributed by atoms with Gasteiger partial charge in [-0.05, 0) is 6.42 Å². The second-order valence-corrected chi connectivity index (χ2v) is 2.58. The van der Waals surface area contributed by atoms with Gasteiger partial charge < -0.3 is 10.1 Å². The summed E-state index contributed by atoms with van der Waals surface area (Å²) in [5.41, 5.74) is 0. The minimum absolute atomic E-state index is 0.00468. The zero-order chi connectivity index (χ0) is 8.27. The number of methoxy groups -OCH3 is 1. The minimum atomic E-state index is -0.266. The largest absolute Gasteiger partial charge is 0.469 e. The summed E-state index contributed by atoms with van der Waals surface area (Å²) < 4.78 is 4.46. The maximum Gasteiger partial charge on any atom is 0.307 e. The van der Waals surface area contributed by atoms with Crippen molar-refractivity contribution >= 4 is 11.9 Å². The lowest BCUT2D eigenvalue weighted by Crippen LogP contribution is -2.27. The predicted molar refractivity (Wildman–Crippen MR) is 37.8 cm³/mol. The molecule has 1 aliphatic heterocycles. The Morgan fingerprint density at radius 1 is 1.82 bits per heavy atom. The van der Waals surface area contributed by atoms with Gasteiger partial charge in [-0.2, -0.15) is 0 Å². The van der Waals surface area contributed by atoms with Crippen molar-refractivity contribution in [2.75, 3.05) is 7.11 Å². The predicted octanol–water partition coefficient (Wildman–Crippen LogP) is -0.172. The van der Waals surface area contributed by atoms with Gasteiger partial charge in [0, 0.05) is 12.5 Å². The van der Waals surface area contributed by atoms with Crippen LogP contribution < -0.4 is 5.32 Å². The first-order chi connectivity index (χ1) is 5.22. The van der Waals surface area contributed by atoms with Gasteiger partial charge in [0.15, 0.2) is 0 Å². The van der Waals surface area contributed by atoms with E-state index in [-0.39, 0.29) is 17.9 Å². The van der Waals surface area contributed by atoms with Gasteiger partial charge in [-0.3, -0.25) is 9.59 Å². The molecule has 0 aromatic rings. The Labute approximate surface area is 64.9 Å². The van der Waals surface area contributed by atoms with Crippen LogP contribution in [0, 0.1) is 0 Å². The molecule has 1 amide bonds. The van der Waals surface area contributed by atoms with Crippen LogP contribution in [0.25, 0.3) is 0 Å². The third kappa shape index (κ3) is 2.22. The molecule has 1 saturated heterocycles. The molecule has 1 rings (SSSR count). The third-order valence-electron chi connectivity index (χ3n) is 1.73. The highest BCUT2D eigenvalue weighted by Crippen LogP contribution is 2.09. The standard InChI is InChI=1S/C7H11NO3/c1-11-7(10)4-5-2-3-6(9)8-5/h5H,2-4H2,1H3,(H,8,9)/t5-/m1/s1. The fourth-order valence-corrected chi connectivity index (χ4v) is 1.11. The summed E-state index contributed by atoms with van der Waals surface area (Å²) in [6.45, 7) is 0. The first-order valence-electron chi connectivity index (χ1n) is 3.58. The van der Waals surface area contributed by atoms with Crippen LogP contribution in [0.2, 0.25) is 0 Å². The van der Waals surface area contributed by atoms with Gasteiger partial charge in [0.2, 0.25) is 5.91 Å². The first kappa shape index (κ1) is 8.04. The SMILES string of the molecule is COC(=O)C[C@H]1CCC(=O)N1. The summed E-state index contributed by atoms with van der Waals surface area (Å²) in [5.74, 6) is -0.240. The van der Waals surface area contributed by atoms with Crippen molar-refractivity contribution in [3.05, 3.63) is 0 Å². The third-order valence-corrected chi connectivity index (χ3v) is 1.73. The number of rotatable bonds is 2. The molecule has 11 heavy (non-hydrogen) atoms. The molecule has 1 heterocycles. The second kappa shape index (κ2) is 3.37. The molecule has 4 nitrogen and oxygen atoms in total. The Kier molecular flexibility index (Phi) is 2.46. The summed E-state index contributed by atoms with van der Waals surface area (Å²) in [6.07, 6.45) is 1.57. The molecule has 1 N–H and O–H groups in total. The maximum absolute atomic E-state index is 10.7. The van der Waals surface area contributed by atoms with E-state index in [1.165, 1.54) is 7.11 Å². The second-order valence-electron chi connectivity index (χ2n) is 2.58. The summed E-state index contributed by atoms with van der Waals surface area (Å²) in [6, 6.07) is -0.00468. The van der Waals surface area contributed by atoms with Crippen LogP contribution >= 0.6 is 0 Å². The Balaban J connectivity index is 2.28. The molecule has 0 saturated carbocycles. The van der Waals surface area contributed by atoms with Gasteiger partial charge in [-0.1, -0.05) is 0 Å². The van der Waals surface area contributed by atoms with E-state index in [9.17, 15) is 9.59 Å². The lowest BCUT2D eigenvalue weighted by molar-refractivity contribution is -0.141. The number of ether oxygens (including phenoxy) is 1. The number of hydrogen-bond donors (Lipinski definition) is 1. The fourth-order valence-electron chi connectivity index (χ4n) is 1.11. The Morgan fingerprint density at radius 2 is 2.55 bits per heavy atom. The van der Waals surface area contributed by atoms with Crippen molar-refractivity contribution < 1.29 is 14.3 Å². The molecule has 0 aromatic carbocycles. The van der Waals surface area contributed by atoms with Crippen LogP contribution in [0.5, 0.6) is 0 Å². The van der Waals surface area contributed by atoms with E-state index in [1.807, 2.05) is 0 Å². The number of carbonyl (C=O) groups excluding carboxylic acids is 2. The molecule has 1 fully saturated rings. The molecule has 4 heteroatoms. The van der Waals surface area contributed by atoms with E-state index in [2.05, 4.69) is 10.1 Å². The Bertz CT molecular complexity index is 179. The smallest absolute Gasteiger partial charge is 0.307 e. The van der Waals surface area contributed by atoms with Crippen LogP contribution in [0.4, 0.5) is 0 Å². The Morgan fingerprint density at radius 3 is 3.00 bits per heavy atom. The van der Waals surface area contributed by atoms with Crippen molar-refractivity contribution in [3.63, 3.8) is 0 Å². The molecule has 0 unspecified atom stereocenters. The monoisotopic (exact) mass is 157 g/mol. The molecular formula is C7H11NO3. The van der Waals surface area contributed by atoms with Crippen molar-refractivity contribution in [2.24, 2.45) is 0 Å². The van der Waals surface area contributed by atoms with Gasteiger partial charge in [-0.15, -0.1) is 0 Å². The fraction of sp³-hybridized carbons (Fsp3) is 0.714. The topological polar surface area (TPSA) is 55.4 Å². The van der Waals surface area contributed by atoms with Gasteiger partial charge in [0.1, 0.15) is 0 Å². The zero-order valence-electron chi connectivity index (χ0n) is 6.42. The number of carbonyl (C=O) groups is 2. The lowest BCUT2D eigenvalue weighted by Gasteiger charge is -2.06. The molecule has 0 aromatic heterocycles. The highest BCUT2D eigenvalue weighted by atomic mass is 16.5. The molecule has 0 spiro atoms. The number of hydrogen-bond acceptors (Lipinski definition) is 3. The number of esters is 1. The summed E-state index contributed by atoms with van der Waals surface area (Å²) in [5, 5.41) is 2.68. The molecular weight excluding hydrogens is 146 g/mol. The average Bonchev–Trinajstić information content (AvgIpc) is 2.35. The highest BCUT2D eigenvalue weighted by molar-refractivity contribution is 5.80. The maximum atomic E-state index is 10.7. The number of amides is 1. The van der Waals surface area contributed by atoms with Gasteiger partial charge in [0.25, 0.3) is 0 Å². The first-order valence-corrected chi connectivity index (χ1v) is 3.58. The molecule has 0 bridgehead atoms. The van der Waals surface area contributed by atoms with Crippen molar-refractivity contribution in [2.45, 2.75) is 25.3 Å². The number of nitrogens with one attached hydrogen (secondary N) is 1. The van der Waals surface area contributed by atoms with Crippen molar-refractivity contribution in [1.82, 2.24) is 5.32 Å². The average molecular weight is 157 g/mol. The van der Waals surface area contributed by atoms with Crippen LogP contribution in [-0.4, -0.2) is 25.0 Å². The van der Waals surface area contributed by atoms with E-state index in [0.29, 0.717) is 12.8 Å². The van der Waals surface area contributed by atoms with E-state index in [1.54, 1.807) is 0 Å². The zero-order valence-corrected chi connectivity index (χ0v) is 6.42. The van der Waals surface area contributed by atoms with E-state index in [4.69, 9.17) is 0 Å². The molecule has 62 valence electrons. The van der Waals surface area contributed by atoms with Gasteiger partial charge >= 0.3 is 5.97 Å². The highest BCUT2D eigenvalue weighted by Gasteiger charge is 2.22. The van der Waals surface area contributed by atoms with E-state index in [0.717, 1.165) is 6.42 Å². The minimum Gasteiger partial charge on any atom is -0.469 e. The van der Waals surface area contributed by atoms with Crippen LogP contribution in [-0.2, 0) is 14.3 Å². The normalized spacial score (nSPS) is 23.0. The van der Waals surface area contributed by atoms with Crippen molar-refractivity contribution in [1.29, 1.82) is 0 Å². The van der Waals surface area contributed by atoms with Crippen LogP contribution in [0.1, 0.15) is 19.3 Å². The molecule has 1 atom stereocenters. The summed E-state index contributed by atoms with van der Waals surface area (Å²) in [4.78, 5) is 21.4. The van der Waals surface area contributed by atoms with E-state index < -0.39 is 0 Å². The molecule has 0 aliphatic carbocycles. The van der Waals surface area contributed by atoms with Crippen LogP contribution in [0.15, 0.2) is 0 Å². The van der Waals surface area contributed by atoms with Gasteiger partial charge in [0.05, 0.1) is 13.5 Å². The van der Waals surface area contributed by atoms with E-state index >= 15 is 0 Å². The quantitative estimate of drug-likeness (QED) is 0.566. The summed E-state index contributed by atoms with van der Waals surface area (Å²) in [7, 11) is 1.35. The van der Waals surface area contributed by atoms with Crippen LogP contribution in [0.3, 0.4) is 0 Å². The molecule has 0 radical (unpaired) electrons. The summed E-state index contributed by atoms with van der Waals surface area (Å²) >= 11 is 0. The lowest BCUT2D eigenvalue weighted by atomic mass is 10.2. The van der Waals surface area contributed by atoms with Gasteiger partial charge in [-0.25, -0.2) is 0 Å².